The minimum Gasteiger partial charge on any atom is -0.494 e. The third-order valence-corrected chi connectivity index (χ3v) is 4.99. The highest BCUT2D eigenvalue weighted by atomic mass is 16.5. The Morgan fingerprint density at radius 2 is 2.00 bits per heavy atom. The number of ether oxygens (including phenoxy) is 2. The molecule has 2 heterocycles. The van der Waals surface area contributed by atoms with Crippen LogP contribution in [0, 0.1) is 18.3 Å². The van der Waals surface area contributed by atoms with Crippen LogP contribution >= 0.6 is 0 Å². The van der Waals surface area contributed by atoms with Gasteiger partial charge in [-0.3, -0.25) is 4.79 Å². The van der Waals surface area contributed by atoms with Crippen LogP contribution in [-0.2, 0) is 6.54 Å². The number of aromatic nitrogens is 1. The summed E-state index contributed by atoms with van der Waals surface area (Å²) in [4.78, 5) is 15.5. The highest BCUT2D eigenvalue weighted by molar-refractivity contribution is 5.55. The predicted octanol–water partition coefficient (Wildman–Crippen LogP) is 2.34. The standard InChI is InChI=1S/C22H26N4O3/c1-5-28-16-8-6-15(7-9-16)19-17(13-23)21(24)29-18-12-14(2)26(11-10-25(3)4)22(27)20(18)19/h6-9,12,19H,5,10-11,24H2,1-4H3/t19-/m0/s1. The normalized spacial score (nSPS) is 15.7. The lowest BCUT2D eigenvalue weighted by molar-refractivity contribution is 0.340. The Kier molecular flexibility index (Phi) is 5.95. The van der Waals surface area contributed by atoms with Gasteiger partial charge in [0.15, 0.2) is 0 Å². The first-order chi connectivity index (χ1) is 13.9. The molecule has 1 aromatic carbocycles. The maximum atomic E-state index is 13.4. The van der Waals surface area contributed by atoms with Gasteiger partial charge in [0, 0.05) is 24.8 Å². The molecule has 152 valence electrons. The van der Waals surface area contributed by atoms with Gasteiger partial charge in [0.05, 0.1) is 18.1 Å². The van der Waals surface area contributed by atoms with Crippen molar-refractivity contribution in [1.29, 1.82) is 5.26 Å². The monoisotopic (exact) mass is 394 g/mol. The van der Waals surface area contributed by atoms with Crippen molar-refractivity contribution in [3.05, 3.63) is 69.0 Å². The molecule has 7 heteroatoms. The Bertz CT molecular complexity index is 1030. The molecule has 1 aliphatic heterocycles. The molecule has 29 heavy (non-hydrogen) atoms. The molecule has 3 rings (SSSR count). The Morgan fingerprint density at radius 3 is 2.59 bits per heavy atom. The summed E-state index contributed by atoms with van der Waals surface area (Å²) < 4.78 is 12.9. The molecule has 0 fully saturated rings. The summed E-state index contributed by atoms with van der Waals surface area (Å²) in [6.45, 7) is 5.61. The molecule has 0 spiro atoms. The molecular formula is C22H26N4O3. The molecule has 0 saturated heterocycles. The molecule has 7 nitrogen and oxygen atoms in total. The van der Waals surface area contributed by atoms with Gasteiger partial charge >= 0.3 is 0 Å². The van der Waals surface area contributed by atoms with Crippen LogP contribution < -0.4 is 20.8 Å². The number of hydrogen-bond acceptors (Lipinski definition) is 6. The van der Waals surface area contributed by atoms with E-state index in [-0.39, 0.29) is 17.0 Å². The van der Waals surface area contributed by atoms with Crippen LogP contribution in [0.1, 0.15) is 29.7 Å². The van der Waals surface area contributed by atoms with Crippen molar-refractivity contribution >= 4 is 0 Å². The zero-order valence-electron chi connectivity index (χ0n) is 17.2. The zero-order chi connectivity index (χ0) is 21.1. The van der Waals surface area contributed by atoms with Crippen molar-refractivity contribution in [3.8, 4) is 17.6 Å². The number of nitrogens with two attached hydrogens (primary N) is 1. The molecule has 0 saturated carbocycles. The van der Waals surface area contributed by atoms with Crippen LogP contribution in [0.4, 0.5) is 0 Å². The summed E-state index contributed by atoms with van der Waals surface area (Å²) in [7, 11) is 3.92. The van der Waals surface area contributed by atoms with Crippen LogP contribution in [0.5, 0.6) is 11.5 Å². The minimum absolute atomic E-state index is 0.0312. The first kappa shape index (κ1) is 20.5. The van der Waals surface area contributed by atoms with Crippen LogP contribution in [0.3, 0.4) is 0 Å². The highest BCUT2D eigenvalue weighted by Crippen LogP contribution is 2.40. The molecule has 1 aromatic heterocycles. The maximum absolute atomic E-state index is 13.4. The third-order valence-electron chi connectivity index (χ3n) is 4.99. The molecule has 0 amide bonds. The van der Waals surface area contributed by atoms with Gasteiger partial charge in [0.1, 0.15) is 23.1 Å². The van der Waals surface area contributed by atoms with Gasteiger partial charge in [-0.2, -0.15) is 5.26 Å². The average molecular weight is 394 g/mol. The summed E-state index contributed by atoms with van der Waals surface area (Å²) in [6.07, 6.45) is 0. The number of nitriles is 1. The average Bonchev–Trinajstić information content (AvgIpc) is 2.67. The van der Waals surface area contributed by atoms with Gasteiger partial charge in [-0.15, -0.1) is 0 Å². The van der Waals surface area contributed by atoms with Crippen LogP contribution in [0.15, 0.2) is 46.6 Å². The summed E-state index contributed by atoms with van der Waals surface area (Å²) in [5.41, 5.74) is 8.12. The maximum Gasteiger partial charge on any atom is 0.258 e. The van der Waals surface area contributed by atoms with Gasteiger partial charge in [-0.1, -0.05) is 12.1 Å². The van der Waals surface area contributed by atoms with Crippen LogP contribution in [0.2, 0.25) is 0 Å². The van der Waals surface area contributed by atoms with E-state index < -0.39 is 5.92 Å². The quantitative estimate of drug-likeness (QED) is 0.808. The van der Waals surface area contributed by atoms with Gasteiger partial charge < -0.3 is 24.7 Å². The second-order valence-corrected chi connectivity index (χ2v) is 7.25. The number of likely N-dealkylation sites (N-methyl/N-ethyl adjacent to an activating group) is 1. The van der Waals surface area contributed by atoms with E-state index in [1.165, 1.54) is 0 Å². The van der Waals surface area contributed by atoms with Gasteiger partial charge in [0.25, 0.3) is 5.56 Å². The number of hydrogen-bond donors (Lipinski definition) is 1. The fourth-order valence-electron chi connectivity index (χ4n) is 3.52. The molecule has 1 aliphatic rings. The number of allylic oxidation sites excluding steroid dienone is 1. The molecule has 0 radical (unpaired) electrons. The molecule has 0 aliphatic carbocycles. The van der Waals surface area contributed by atoms with E-state index in [1.807, 2.05) is 63.2 Å². The van der Waals surface area contributed by atoms with E-state index in [9.17, 15) is 10.1 Å². The lowest BCUT2D eigenvalue weighted by Crippen LogP contribution is -2.34. The van der Waals surface area contributed by atoms with Crippen molar-refractivity contribution in [3.63, 3.8) is 0 Å². The third kappa shape index (κ3) is 3.98. The summed E-state index contributed by atoms with van der Waals surface area (Å²) in [6, 6.07) is 11.3. The van der Waals surface area contributed by atoms with E-state index >= 15 is 0 Å². The number of rotatable bonds is 6. The second-order valence-electron chi connectivity index (χ2n) is 7.25. The first-order valence-corrected chi connectivity index (χ1v) is 9.56. The predicted molar refractivity (Wildman–Crippen MR) is 111 cm³/mol. The summed E-state index contributed by atoms with van der Waals surface area (Å²) in [5.74, 6) is 0.581. The number of benzene rings is 1. The Labute approximate surface area is 170 Å². The minimum atomic E-state index is -0.585. The topological polar surface area (TPSA) is 93.5 Å². The highest BCUT2D eigenvalue weighted by Gasteiger charge is 2.34. The van der Waals surface area contributed by atoms with E-state index in [2.05, 4.69) is 6.07 Å². The molecule has 1 atom stereocenters. The summed E-state index contributed by atoms with van der Waals surface area (Å²) in [5, 5.41) is 9.74. The first-order valence-electron chi connectivity index (χ1n) is 9.56. The lowest BCUT2D eigenvalue weighted by atomic mass is 9.84. The zero-order valence-corrected chi connectivity index (χ0v) is 17.2. The van der Waals surface area contributed by atoms with E-state index in [0.29, 0.717) is 24.5 Å². The van der Waals surface area contributed by atoms with E-state index in [1.54, 1.807) is 4.57 Å². The van der Waals surface area contributed by atoms with Crippen molar-refractivity contribution in [2.45, 2.75) is 26.3 Å². The SMILES string of the molecule is CCOc1ccc([C@H]2C(C#N)=C(N)Oc3cc(C)n(CCN(C)C)c(=O)c32)cc1. The smallest absolute Gasteiger partial charge is 0.258 e. The second kappa shape index (κ2) is 8.41. The molecule has 0 bridgehead atoms. The fourth-order valence-corrected chi connectivity index (χ4v) is 3.52. The molecule has 2 N–H and O–H groups in total. The van der Waals surface area contributed by atoms with Crippen LogP contribution in [0.25, 0.3) is 0 Å². The largest absolute Gasteiger partial charge is 0.494 e. The summed E-state index contributed by atoms with van der Waals surface area (Å²) >= 11 is 0. The van der Waals surface area contributed by atoms with E-state index in [0.717, 1.165) is 23.6 Å². The number of pyridine rings is 1. The fraction of sp³-hybridized carbons (Fsp3) is 0.364. The molecule has 2 aromatic rings. The Morgan fingerprint density at radius 1 is 1.31 bits per heavy atom. The lowest BCUT2D eigenvalue weighted by Gasteiger charge is -2.27. The van der Waals surface area contributed by atoms with Crippen molar-refractivity contribution in [1.82, 2.24) is 9.47 Å². The van der Waals surface area contributed by atoms with Crippen LogP contribution in [-0.4, -0.2) is 36.7 Å². The van der Waals surface area contributed by atoms with Gasteiger partial charge in [-0.05, 0) is 45.6 Å². The Hall–Kier alpha value is -3.24. The van der Waals surface area contributed by atoms with E-state index in [4.69, 9.17) is 15.2 Å². The molecular weight excluding hydrogens is 368 g/mol. The van der Waals surface area contributed by atoms with Crippen molar-refractivity contribution in [2.75, 3.05) is 27.2 Å². The van der Waals surface area contributed by atoms with Gasteiger partial charge in [-0.25, -0.2) is 0 Å². The van der Waals surface area contributed by atoms with Gasteiger partial charge in [0.2, 0.25) is 5.88 Å². The Balaban J connectivity index is 2.17. The number of fused-ring (bicyclic) bond motifs is 1. The van der Waals surface area contributed by atoms with Crippen molar-refractivity contribution < 1.29 is 9.47 Å². The molecule has 0 unspecified atom stereocenters. The van der Waals surface area contributed by atoms with Crippen molar-refractivity contribution in [2.24, 2.45) is 5.73 Å². The number of nitrogens with zero attached hydrogens (tertiary/aromatic N) is 3. The number of aryl methyl sites for hydroxylation is 1.